The van der Waals surface area contributed by atoms with Gasteiger partial charge in [0.1, 0.15) is 18.0 Å². The van der Waals surface area contributed by atoms with E-state index in [-0.39, 0.29) is 0 Å². The lowest BCUT2D eigenvalue weighted by atomic mass is 10.1. The first-order valence-electron chi connectivity index (χ1n) is 8.40. The highest BCUT2D eigenvalue weighted by atomic mass is 16.1. The van der Waals surface area contributed by atoms with Gasteiger partial charge < -0.3 is 16.4 Å². The molecule has 3 aromatic rings. The zero-order chi connectivity index (χ0) is 18.1. The summed E-state index contributed by atoms with van der Waals surface area (Å²) in [5, 5.41) is 6.61. The number of hydrogen-bond donors (Lipinski definition) is 3. The third-order valence-electron chi connectivity index (χ3n) is 4.24. The Hall–Kier alpha value is -3.42. The molecule has 8 nitrogen and oxygen atoms in total. The number of carbonyl (C=O) groups is 1. The summed E-state index contributed by atoms with van der Waals surface area (Å²) in [5.41, 5.74) is 7.55. The Morgan fingerprint density at radius 3 is 2.85 bits per heavy atom. The summed E-state index contributed by atoms with van der Waals surface area (Å²) in [6, 6.07) is 7.67. The van der Waals surface area contributed by atoms with Gasteiger partial charge in [-0.3, -0.25) is 9.36 Å². The molecule has 0 saturated heterocycles. The van der Waals surface area contributed by atoms with E-state index < -0.39 is 5.91 Å². The van der Waals surface area contributed by atoms with Gasteiger partial charge in [-0.2, -0.15) is 0 Å². The minimum Gasteiger partial charge on any atom is -0.367 e. The molecule has 0 bridgehead atoms. The quantitative estimate of drug-likeness (QED) is 0.630. The van der Waals surface area contributed by atoms with Gasteiger partial charge in [0.15, 0.2) is 0 Å². The number of rotatable bonds is 6. The standard InChI is InChI=1S/C18H19N7O/c1-11-2-3-12(17(19)26)8-14(11)24-18-20-6-7-25(18)16-9-15(21-10-22-16)23-13-4-5-13/h2-3,6-10,13H,4-5H2,1H3,(H2,19,26)(H,20,24)(H,21,22,23). The second-order valence-corrected chi connectivity index (χ2v) is 6.32. The molecule has 132 valence electrons. The second-order valence-electron chi connectivity index (χ2n) is 6.32. The van der Waals surface area contributed by atoms with E-state index in [1.54, 1.807) is 18.3 Å². The van der Waals surface area contributed by atoms with Crippen molar-refractivity contribution in [3.8, 4) is 5.82 Å². The maximum absolute atomic E-state index is 11.4. The van der Waals surface area contributed by atoms with Crippen LogP contribution >= 0.6 is 0 Å². The molecule has 4 rings (SSSR count). The van der Waals surface area contributed by atoms with E-state index in [0.717, 1.165) is 17.1 Å². The lowest BCUT2D eigenvalue weighted by Gasteiger charge is -2.12. The molecule has 1 aliphatic rings. The molecule has 1 amide bonds. The number of nitrogens with zero attached hydrogens (tertiary/aromatic N) is 4. The van der Waals surface area contributed by atoms with Crippen molar-refractivity contribution in [2.45, 2.75) is 25.8 Å². The topological polar surface area (TPSA) is 111 Å². The van der Waals surface area contributed by atoms with Crippen LogP contribution < -0.4 is 16.4 Å². The highest BCUT2D eigenvalue weighted by molar-refractivity contribution is 5.94. The molecular formula is C18H19N7O. The highest BCUT2D eigenvalue weighted by Crippen LogP contribution is 2.25. The van der Waals surface area contributed by atoms with Crippen LogP contribution in [-0.2, 0) is 0 Å². The van der Waals surface area contributed by atoms with Gasteiger partial charge in [-0.05, 0) is 37.5 Å². The van der Waals surface area contributed by atoms with Crippen molar-refractivity contribution in [1.29, 1.82) is 0 Å². The number of primary amides is 1. The minimum atomic E-state index is -0.469. The van der Waals surface area contributed by atoms with E-state index in [1.807, 2.05) is 29.8 Å². The average Bonchev–Trinajstić information content (AvgIpc) is 3.31. The van der Waals surface area contributed by atoms with Gasteiger partial charge in [0.2, 0.25) is 11.9 Å². The Kier molecular flexibility index (Phi) is 4.00. The highest BCUT2D eigenvalue weighted by Gasteiger charge is 2.21. The van der Waals surface area contributed by atoms with Crippen molar-refractivity contribution < 1.29 is 4.79 Å². The van der Waals surface area contributed by atoms with E-state index in [9.17, 15) is 4.79 Å². The zero-order valence-corrected chi connectivity index (χ0v) is 14.3. The summed E-state index contributed by atoms with van der Waals surface area (Å²) in [5.74, 6) is 1.62. The molecule has 2 heterocycles. The Balaban J connectivity index is 1.63. The van der Waals surface area contributed by atoms with Gasteiger partial charge in [0, 0.05) is 35.8 Å². The van der Waals surface area contributed by atoms with Crippen LogP contribution in [0.2, 0.25) is 0 Å². The average molecular weight is 349 g/mol. The van der Waals surface area contributed by atoms with Crippen LogP contribution in [0.15, 0.2) is 43.0 Å². The van der Waals surface area contributed by atoms with Crippen molar-refractivity contribution in [1.82, 2.24) is 19.5 Å². The lowest BCUT2D eigenvalue weighted by Crippen LogP contribution is -2.12. The summed E-state index contributed by atoms with van der Waals surface area (Å²) in [6.45, 7) is 1.95. The monoisotopic (exact) mass is 349 g/mol. The van der Waals surface area contributed by atoms with Crippen LogP contribution in [0.1, 0.15) is 28.8 Å². The smallest absolute Gasteiger partial charge is 0.248 e. The summed E-state index contributed by atoms with van der Waals surface area (Å²) in [6.07, 6.45) is 7.38. The maximum Gasteiger partial charge on any atom is 0.248 e. The van der Waals surface area contributed by atoms with Crippen molar-refractivity contribution in [3.63, 3.8) is 0 Å². The van der Waals surface area contributed by atoms with Crippen LogP contribution in [0, 0.1) is 6.92 Å². The number of amides is 1. The number of anilines is 3. The summed E-state index contributed by atoms with van der Waals surface area (Å²) < 4.78 is 1.83. The molecule has 1 aliphatic carbocycles. The van der Waals surface area contributed by atoms with Crippen LogP contribution in [-0.4, -0.2) is 31.5 Å². The molecule has 0 unspecified atom stereocenters. The molecule has 26 heavy (non-hydrogen) atoms. The molecule has 0 atom stereocenters. The molecular weight excluding hydrogens is 330 g/mol. The van der Waals surface area contributed by atoms with Crippen molar-refractivity contribution in [3.05, 3.63) is 54.1 Å². The van der Waals surface area contributed by atoms with Gasteiger partial charge in [0.25, 0.3) is 0 Å². The molecule has 4 N–H and O–H groups in total. The van der Waals surface area contributed by atoms with E-state index in [1.165, 1.54) is 19.2 Å². The normalized spacial score (nSPS) is 13.4. The molecule has 8 heteroatoms. The molecule has 0 radical (unpaired) electrons. The molecule has 0 aliphatic heterocycles. The SMILES string of the molecule is Cc1ccc(C(N)=O)cc1Nc1nccn1-c1cc(NC2CC2)ncn1. The van der Waals surface area contributed by atoms with E-state index >= 15 is 0 Å². The minimum absolute atomic E-state index is 0.439. The molecule has 0 spiro atoms. The number of aryl methyl sites for hydroxylation is 1. The Bertz CT molecular complexity index is 962. The van der Waals surface area contributed by atoms with Crippen LogP contribution in [0.3, 0.4) is 0 Å². The van der Waals surface area contributed by atoms with Gasteiger partial charge in [-0.25, -0.2) is 15.0 Å². The van der Waals surface area contributed by atoms with Crippen LogP contribution in [0.4, 0.5) is 17.5 Å². The summed E-state index contributed by atoms with van der Waals surface area (Å²) in [7, 11) is 0. The third-order valence-corrected chi connectivity index (χ3v) is 4.24. The van der Waals surface area contributed by atoms with E-state index in [0.29, 0.717) is 23.4 Å². The maximum atomic E-state index is 11.4. The van der Waals surface area contributed by atoms with Crippen LogP contribution in [0.5, 0.6) is 0 Å². The first kappa shape index (κ1) is 16.1. The van der Waals surface area contributed by atoms with Gasteiger partial charge in [-0.15, -0.1) is 0 Å². The Morgan fingerprint density at radius 2 is 2.08 bits per heavy atom. The molecule has 1 saturated carbocycles. The fraction of sp³-hybridized carbons (Fsp3) is 0.222. The first-order chi connectivity index (χ1) is 12.6. The number of imidazole rings is 1. The fourth-order valence-electron chi connectivity index (χ4n) is 2.61. The molecule has 2 aromatic heterocycles. The van der Waals surface area contributed by atoms with Crippen molar-refractivity contribution in [2.24, 2.45) is 5.73 Å². The van der Waals surface area contributed by atoms with E-state index in [2.05, 4.69) is 25.6 Å². The third kappa shape index (κ3) is 3.34. The summed E-state index contributed by atoms with van der Waals surface area (Å²) in [4.78, 5) is 24.4. The first-order valence-corrected chi connectivity index (χ1v) is 8.40. The van der Waals surface area contributed by atoms with E-state index in [4.69, 9.17) is 5.73 Å². The number of aromatic nitrogens is 4. The summed E-state index contributed by atoms with van der Waals surface area (Å²) >= 11 is 0. The predicted octanol–water partition coefficient (Wildman–Crippen LogP) is 2.39. The zero-order valence-electron chi connectivity index (χ0n) is 14.3. The number of benzene rings is 1. The molecule has 1 aromatic carbocycles. The van der Waals surface area contributed by atoms with Crippen molar-refractivity contribution in [2.75, 3.05) is 10.6 Å². The largest absolute Gasteiger partial charge is 0.367 e. The number of hydrogen-bond acceptors (Lipinski definition) is 6. The van der Waals surface area contributed by atoms with Crippen LogP contribution in [0.25, 0.3) is 5.82 Å². The van der Waals surface area contributed by atoms with Crippen molar-refractivity contribution >= 4 is 23.4 Å². The Labute approximate surface area is 150 Å². The lowest BCUT2D eigenvalue weighted by molar-refractivity contribution is 0.100. The predicted molar refractivity (Wildman–Crippen MR) is 98.8 cm³/mol. The van der Waals surface area contributed by atoms with Gasteiger partial charge >= 0.3 is 0 Å². The fourth-order valence-corrected chi connectivity index (χ4v) is 2.61. The second kappa shape index (κ2) is 6.47. The van der Waals surface area contributed by atoms with Gasteiger partial charge in [-0.1, -0.05) is 6.07 Å². The van der Waals surface area contributed by atoms with Gasteiger partial charge in [0.05, 0.1) is 0 Å². The number of carbonyl (C=O) groups excluding carboxylic acids is 1. The Morgan fingerprint density at radius 1 is 1.23 bits per heavy atom. The number of nitrogens with two attached hydrogens (primary N) is 1. The number of nitrogens with one attached hydrogen (secondary N) is 2. The molecule has 1 fully saturated rings.